The van der Waals surface area contributed by atoms with Crippen molar-refractivity contribution in [2.24, 2.45) is 10.4 Å². The van der Waals surface area contributed by atoms with Gasteiger partial charge in [-0.2, -0.15) is 0 Å². The minimum atomic E-state index is 0.221. The smallest absolute Gasteiger partial charge is 0.191 e. The van der Waals surface area contributed by atoms with E-state index in [2.05, 4.69) is 41.6 Å². The molecule has 0 aliphatic carbocycles. The third-order valence-corrected chi connectivity index (χ3v) is 3.70. The van der Waals surface area contributed by atoms with Crippen LogP contribution in [-0.4, -0.2) is 39.9 Å². The molecular weight excluding hydrogens is 266 g/mol. The molecule has 0 bridgehead atoms. The van der Waals surface area contributed by atoms with Crippen molar-refractivity contribution in [1.29, 1.82) is 0 Å². The molecule has 5 nitrogen and oxygen atoms in total. The molecule has 1 aliphatic heterocycles. The second-order valence-electron chi connectivity index (χ2n) is 5.90. The topological polar surface area (TPSA) is 54.9 Å². The number of nitrogens with zero attached hydrogens (tertiary/aromatic N) is 1. The number of nitrogens with one attached hydrogen (secondary N) is 2. The maximum atomic E-state index is 5.42. The SMILES string of the molecule is CN=C(NCc1ccc(C)cc1OC)NCC1(C)COC1. The van der Waals surface area contributed by atoms with Crippen molar-refractivity contribution in [3.05, 3.63) is 29.3 Å². The van der Waals surface area contributed by atoms with Crippen LogP contribution in [0.1, 0.15) is 18.1 Å². The van der Waals surface area contributed by atoms with E-state index in [1.807, 2.05) is 6.07 Å². The highest BCUT2D eigenvalue weighted by Gasteiger charge is 2.33. The first-order valence-electron chi connectivity index (χ1n) is 7.22. The number of methoxy groups -OCH3 is 1. The van der Waals surface area contributed by atoms with Gasteiger partial charge in [0.25, 0.3) is 0 Å². The van der Waals surface area contributed by atoms with E-state index in [0.717, 1.165) is 37.0 Å². The number of benzene rings is 1. The lowest BCUT2D eigenvalue weighted by molar-refractivity contribution is -0.0971. The summed E-state index contributed by atoms with van der Waals surface area (Å²) in [4.78, 5) is 4.25. The molecule has 5 heteroatoms. The molecule has 0 radical (unpaired) electrons. The highest BCUT2D eigenvalue weighted by atomic mass is 16.5. The van der Waals surface area contributed by atoms with Gasteiger partial charge in [0.05, 0.1) is 20.3 Å². The zero-order valence-corrected chi connectivity index (χ0v) is 13.3. The van der Waals surface area contributed by atoms with Gasteiger partial charge in [0.1, 0.15) is 5.75 Å². The zero-order chi connectivity index (χ0) is 15.3. The number of ether oxygens (including phenoxy) is 2. The van der Waals surface area contributed by atoms with Crippen LogP contribution in [0.2, 0.25) is 0 Å². The van der Waals surface area contributed by atoms with Gasteiger partial charge in [-0.1, -0.05) is 19.1 Å². The van der Waals surface area contributed by atoms with Crippen molar-refractivity contribution in [3.8, 4) is 5.75 Å². The number of guanidine groups is 1. The average molecular weight is 291 g/mol. The second kappa shape index (κ2) is 6.80. The van der Waals surface area contributed by atoms with E-state index in [4.69, 9.17) is 9.47 Å². The van der Waals surface area contributed by atoms with Gasteiger partial charge in [-0.05, 0) is 18.6 Å². The van der Waals surface area contributed by atoms with E-state index in [0.29, 0.717) is 6.54 Å². The fourth-order valence-corrected chi connectivity index (χ4v) is 2.25. The van der Waals surface area contributed by atoms with Gasteiger partial charge < -0.3 is 20.1 Å². The van der Waals surface area contributed by atoms with Crippen molar-refractivity contribution in [2.75, 3.05) is 33.9 Å². The lowest BCUT2D eigenvalue weighted by Gasteiger charge is -2.38. The lowest BCUT2D eigenvalue weighted by atomic mass is 9.89. The molecular formula is C16H25N3O2. The monoisotopic (exact) mass is 291 g/mol. The van der Waals surface area contributed by atoms with E-state index >= 15 is 0 Å². The van der Waals surface area contributed by atoms with Gasteiger partial charge in [-0.15, -0.1) is 0 Å². The summed E-state index contributed by atoms with van der Waals surface area (Å²) in [7, 11) is 3.48. The van der Waals surface area contributed by atoms with Crippen molar-refractivity contribution in [1.82, 2.24) is 10.6 Å². The Morgan fingerprint density at radius 1 is 1.38 bits per heavy atom. The van der Waals surface area contributed by atoms with Crippen LogP contribution < -0.4 is 15.4 Å². The van der Waals surface area contributed by atoms with Crippen LogP contribution in [0.25, 0.3) is 0 Å². The minimum Gasteiger partial charge on any atom is -0.496 e. The Balaban J connectivity index is 1.88. The maximum absolute atomic E-state index is 5.42. The molecule has 1 aromatic rings. The predicted molar refractivity (Wildman–Crippen MR) is 84.9 cm³/mol. The molecule has 116 valence electrons. The van der Waals surface area contributed by atoms with E-state index in [1.54, 1.807) is 14.2 Å². The first-order chi connectivity index (χ1) is 10.1. The van der Waals surface area contributed by atoms with Gasteiger partial charge in [-0.3, -0.25) is 4.99 Å². The summed E-state index contributed by atoms with van der Waals surface area (Å²) in [5.74, 6) is 1.70. The minimum absolute atomic E-state index is 0.221. The number of aliphatic imine (C=N–C) groups is 1. The van der Waals surface area contributed by atoms with Gasteiger partial charge in [0.15, 0.2) is 5.96 Å². The number of hydrogen-bond donors (Lipinski definition) is 2. The fraction of sp³-hybridized carbons (Fsp3) is 0.562. The van der Waals surface area contributed by atoms with E-state index in [1.165, 1.54) is 5.56 Å². The maximum Gasteiger partial charge on any atom is 0.191 e. The zero-order valence-electron chi connectivity index (χ0n) is 13.3. The van der Waals surface area contributed by atoms with E-state index in [9.17, 15) is 0 Å². The highest BCUT2D eigenvalue weighted by molar-refractivity contribution is 5.79. The summed E-state index contributed by atoms with van der Waals surface area (Å²) < 4.78 is 10.7. The number of aryl methyl sites for hydroxylation is 1. The van der Waals surface area contributed by atoms with Crippen LogP contribution in [0.5, 0.6) is 5.75 Å². The third-order valence-electron chi connectivity index (χ3n) is 3.70. The molecule has 1 fully saturated rings. The molecule has 1 aromatic carbocycles. The van der Waals surface area contributed by atoms with Crippen LogP contribution >= 0.6 is 0 Å². The summed E-state index contributed by atoms with van der Waals surface area (Å²) in [5.41, 5.74) is 2.53. The largest absolute Gasteiger partial charge is 0.496 e. The summed E-state index contributed by atoms with van der Waals surface area (Å²) in [6, 6.07) is 6.21. The fourth-order valence-electron chi connectivity index (χ4n) is 2.25. The standard InChI is InChI=1S/C16H25N3O2/c1-12-5-6-13(14(7-12)20-4)8-18-15(17-3)19-9-16(2)10-21-11-16/h5-7H,8-11H2,1-4H3,(H2,17,18,19). The molecule has 0 unspecified atom stereocenters. The molecule has 0 saturated carbocycles. The molecule has 21 heavy (non-hydrogen) atoms. The quantitative estimate of drug-likeness (QED) is 0.640. The van der Waals surface area contributed by atoms with Gasteiger partial charge >= 0.3 is 0 Å². The van der Waals surface area contributed by atoms with E-state index < -0.39 is 0 Å². The third kappa shape index (κ3) is 4.11. The van der Waals surface area contributed by atoms with E-state index in [-0.39, 0.29) is 5.41 Å². The van der Waals surface area contributed by atoms with Gasteiger partial charge in [-0.25, -0.2) is 0 Å². The summed E-state index contributed by atoms with van der Waals surface area (Å²) in [6.45, 7) is 7.42. The molecule has 1 aliphatic rings. The van der Waals surface area contributed by atoms with Crippen molar-refractivity contribution >= 4 is 5.96 Å². The molecule has 2 N–H and O–H groups in total. The molecule has 1 saturated heterocycles. The number of hydrogen-bond acceptors (Lipinski definition) is 3. The molecule has 0 amide bonds. The Labute approximate surface area is 126 Å². The normalized spacial score (nSPS) is 17.0. The van der Waals surface area contributed by atoms with Crippen LogP contribution in [-0.2, 0) is 11.3 Å². The summed E-state index contributed by atoms with van der Waals surface area (Å²) >= 11 is 0. The highest BCUT2D eigenvalue weighted by Crippen LogP contribution is 2.25. The van der Waals surface area contributed by atoms with Crippen LogP contribution in [0.4, 0.5) is 0 Å². The van der Waals surface area contributed by atoms with Crippen molar-refractivity contribution < 1.29 is 9.47 Å². The summed E-state index contributed by atoms with van der Waals surface area (Å²) in [5, 5.41) is 6.67. The van der Waals surface area contributed by atoms with Gasteiger partial charge in [0, 0.05) is 31.1 Å². The Morgan fingerprint density at radius 2 is 2.14 bits per heavy atom. The molecule has 1 heterocycles. The molecule has 0 aromatic heterocycles. The Hall–Kier alpha value is -1.75. The number of rotatable bonds is 5. The van der Waals surface area contributed by atoms with Crippen LogP contribution in [0, 0.1) is 12.3 Å². The van der Waals surface area contributed by atoms with Gasteiger partial charge in [0.2, 0.25) is 0 Å². The average Bonchev–Trinajstić information content (AvgIpc) is 2.46. The first kappa shape index (κ1) is 15.6. The van der Waals surface area contributed by atoms with Crippen molar-refractivity contribution in [3.63, 3.8) is 0 Å². The predicted octanol–water partition coefficient (Wildman–Crippen LogP) is 1.71. The summed E-state index contributed by atoms with van der Waals surface area (Å²) in [6.07, 6.45) is 0. The van der Waals surface area contributed by atoms with Crippen LogP contribution in [0.3, 0.4) is 0 Å². The molecule has 2 rings (SSSR count). The van der Waals surface area contributed by atoms with Crippen molar-refractivity contribution in [2.45, 2.75) is 20.4 Å². The Bertz CT molecular complexity index is 510. The Kier molecular flexibility index (Phi) is 5.07. The lowest BCUT2D eigenvalue weighted by Crippen LogP contribution is -2.50. The Morgan fingerprint density at radius 3 is 2.71 bits per heavy atom. The molecule has 0 spiro atoms. The second-order valence-corrected chi connectivity index (χ2v) is 5.90. The van der Waals surface area contributed by atoms with Crippen LogP contribution in [0.15, 0.2) is 23.2 Å². The molecule has 0 atom stereocenters. The first-order valence-corrected chi connectivity index (χ1v) is 7.22.